The van der Waals surface area contributed by atoms with Crippen molar-refractivity contribution in [1.29, 1.82) is 0 Å². The van der Waals surface area contributed by atoms with Crippen LogP contribution in [0.3, 0.4) is 0 Å². The SMILES string of the molecule is O=C(C1CC1)N1CCC[C@@H](Cn2nnc(-c3cccnc3)n2)C1. The maximum absolute atomic E-state index is 12.2. The summed E-state index contributed by atoms with van der Waals surface area (Å²) in [6, 6.07) is 3.78. The summed E-state index contributed by atoms with van der Waals surface area (Å²) in [6.45, 7) is 2.43. The first-order valence-corrected chi connectivity index (χ1v) is 8.26. The summed E-state index contributed by atoms with van der Waals surface area (Å²) < 4.78 is 0. The molecule has 1 amide bonds. The molecule has 1 saturated carbocycles. The normalized spacial score (nSPS) is 21.4. The van der Waals surface area contributed by atoms with Gasteiger partial charge < -0.3 is 4.90 Å². The molecule has 0 unspecified atom stereocenters. The lowest BCUT2D eigenvalue weighted by atomic mass is 9.98. The van der Waals surface area contributed by atoms with Gasteiger partial charge in [0.1, 0.15) is 0 Å². The number of carbonyl (C=O) groups excluding carboxylic acids is 1. The van der Waals surface area contributed by atoms with Crippen molar-refractivity contribution in [1.82, 2.24) is 30.1 Å². The highest BCUT2D eigenvalue weighted by Crippen LogP contribution is 2.32. The number of likely N-dealkylation sites (tertiary alicyclic amines) is 1. The fraction of sp³-hybridized carbons (Fsp3) is 0.562. The van der Waals surface area contributed by atoms with Gasteiger partial charge in [-0.15, -0.1) is 10.2 Å². The lowest BCUT2D eigenvalue weighted by molar-refractivity contribution is -0.134. The number of hydrogen-bond acceptors (Lipinski definition) is 5. The zero-order valence-electron chi connectivity index (χ0n) is 13.0. The molecule has 7 heteroatoms. The van der Waals surface area contributed by atoms with Crippen LogP contribution >= 0.6 is 0 Å². The second-order valence-electron chi connectivity index (χ2n) is 6.48. The molecular formula is C16H20N6O. The van der Waals surface area contributed by atoms with E-state index in [4.69, 9.17) is 0 Å². The van der Waals surface area contributed by atoms with E-state index < -0.39 is 0 Å². The summed E-state index contributed by atoms with van der Waals surface area (Å²) in [5.74, 6) is 1.65. The Bertz CT molecular complexity index is 681. The number of carbonyl (C=O) groups is 1. The van der Waals surface area contributed by atoms with Crippen molar-refractivity contribution in [3.05, 3.63) is 24.5 Å². The van der Waals surface area contributed by atoms with Crippen molar-refractivity contribution < 1.29 is 4.79 Å². The van der Waals surface area contributed by atoms with Crippen LogP contribution in [-0.4, -0.2) is 49.1 Å². The Morgan fingerprint density at radius 1 is 1.30 bits per heavy atom. The van der Waals surface area contributed by atoms with Gasteiger partial charge in [-0.2, -0.15) is 4.80 Å². The molecule has 7 nitrogen and oxygen atoms in total. The van der Waals surface area contributed by atoms with E-state index in [1.807, 2.05) is 17.0 Å². The van der Waals surface area contributed by atoms with E-state index in [1.165, 1.54) is 0 Å². The minimum atomic E-state index is 0.301. The third-order valence-corrected chi connectivity index (χ3v) is 4.55. The van der Waals surface area contributed by atoms with E-state index in [0.717, 1.165) is 44.3 Å². The second kappa shape index (κ2) is 6.06. The fourth-order valence-electron chi connectivity index (χ4n) is 3.16. The zero-order chi connectivity index (χ0) is 15.6. The number of amides is 1. The Kier molecular flexibility index (Phi) is 3.77. The van der Waals surface area contributed by atoms with Gasteiger partial charge >= 0.3 is 0 Å². The highest BCUT2D eigenvalue weighted by molar-refractivity contribution is 5.81. The molecule has 0 bridgehead atoms. The average Bonchev–Trinajstić information content (AvgIpc) is 3.35. The van der Waals surface area contributed by atoms with E-state index in [9.17, 15) is 4.79 Å². The van der Waals surface area contributed by atoms with Crippen LogP contribution in [0.25, 0.3) is 11.4 Å². The van der Waals surface area contributed by atoms with Gasteiger partial charge in [0, 0.05) is 37.0 Å². The van der Waals surface area contributed by atoms with Gasteiger partial charge in [0.25, 0.3) is 0 Å². The number of nitrogens with zero attached hydrogens (tertiary/aromatic N) is 6. The highest BCUT2D eigenvalue weighted by atomic mass is 16.2. The first-order valence-electron chi connectivity index (χ1n) is 8.26. The Labute approximate surface area is 134 Å². The molecule has 120 valence electrons. The maximum Gasteiger partial charge on any atom is 0.225 e. The summed E-state index contributed by atoms with van der Waals surface area (Å²) in [7, 11) is 0. The highest BCUT2D eigenvalue weighted by Gasteiger charge is 2.35. The fourth-order valence-corrected chi connectivity index (χ4v) is 3.16. The molecule has 0 spiro atoms. The van der Waals surface area contributed by atoms with Crippen molar-refractivity contribution in [2.75, 3.05) is 13.1 Å². The predicted molar refractivity (Wildman–Crippen MR) is 83.1 cm³/mol. The first-order chi connectivity index (χ1) is 11.3. The topological polar surface area (TPSA) is 76.8 Å². The molecule has 0 radical (unpaired) electrons. The van der Waals surface area contributed by atoms with Gasteiger partial charge in [0.15, 0.2) is 0 Å². The standard InChI is InChI=1S/C16H20N6O/c23-16(13-5-6-13)21-8-2-3-12(10-21)11-22-19-15(18-20-22)14-4-1-7-17-9-14/h1,4,7,9,12-13H,2-3,5-6,8,10-11H2/t12-/m1/s1. The third-order valence-electron chi connectivity index (χ3n) is 4.55. The zero-order valence-corrected chi connectivity index (χ0v) is 13.0. The number of aromatic nitrogens is 5. The summed E-state index contributed by atoms with van der Waals surface area (Å²) in [5.41, 5.74) is 0.868. The molecule has 3 heterocycles. The smallest absolute Gasteiger partial charge is 0.225 e. The van der Waals surface area contributed by atoms with Crippen molar-refractivity contribution in [3.63, 3.8) is 0 Å². The molecule has 2 aromatic heterocycles. The molecule has 1 saturated heterocycles. The van der Waals surface area contributed by atoms with Crippen LogP contribution in [0.5, 0.6) is 0 Å². The molecule has 2 fully saturated rings. The molecule has 1 atom stereocenters. The van der Waals surface area contributed by atoms with Crippen molar-refractivity contribution in [2.45, 2.75) is 32.2 Å². The number of pyridine rings is 1. The molecular weight excluding hydrogens is 292 g/mol. The van der Waals surface area contributed by atoms with Gasteiger partial charge in [-0.1, -0.05) is 0 Å². The van der Waals surface area contributed by atoms with E-state index in [2.05, 4.69) is 20.4 Å². The first kappa shape index (κ1) is 14.3. The Balaban J connectivity index is 1.40. The van der Waals surface area contributed by atoms with E-state index in [0.29, 0.717) is 30.1 Å². The maximum atomic E-state index is 12.2. The molecule has 0 aromatic carbocycles. The number of rotatable bonds is 4. The van der Waals surface area contributed by atoms with E-state index in [1.54, 1.807) is 17.2 Å². The number of tetrazole rings is 1. The summed E-state index contributed by atoms with van der Waals surface area (Å²) in [6.07, 6.45) is 7.77. The van der Waals surface area contributed by atoms with Gasteiger partial charge in [-0.3, -0.25) is 9.78 Å². The molecule has 2 aliphatic rings. The summed E-state index contributed by atoms with van der Waals surface area (Å²) in [4.78, 5) is 20.0. The van der Waals surface area contributed by atoms with Gasteiger partial charge in [0.05, 0.1) is 6.54 Å². The predicted octanol–water partition coefficient (Wildman–Crippen LogP) is 1.38. The van der Waals surface area contributed by atoms with E-state index in [-0.39, 0.29) is 0 Å². The molecule has 23 heavy (non-hydrogen) atoms. The lowest BCUT2D eigenvalue weighted by Crippen LogP contribution is -2.42. The second-order valence-corrected chi connectivity index (χ2v) is 6.48. The van der Waals surface area contributed by atoms with Crippen LogP contribution in [-0.2, 0) is 11.3 Å². The molecule has 2 aromatic rings. The van der Waals surface area contributed by atoms with Gasteiger partial charge in [0.2, 0.25) is 11.7 Å². The Hall–Kier alpha value is -2.31. The third kappa shape index (κ3) is 3.23. The van der Waals surface area contributed by atoms with Gasteiger partial charge in [-0.05, 0) is 48.9 Å². The van der Waals surface area contributed by atoms with Gasteiger partial charge in [-0.25, -0.2) is 0 Å². The molecule has 1 aliphatic heterocycles. The van der Waals surface area contributed by atoms with Crippen molar-refractivity contribution >= 4 is 5.91 Å². The number of piperidine rings is 1. The van der Waals surface area contributed by atoms with Crippen LogP contribution in [0.15, 0.2) is 24.5 Å². The van der Waals surface area contributed by atoms with Crippen molar-refractivity contribution in [2.24, 2.45) is 11.8 Å². The Morgan fingerprint density at radius 2 is 2.22 bits per heavy atom. The Morgan fingerprint density at radius 3 is 3.00 bits per heavy atom. The molecule has 0 N–H and O–H groups in total. The van der Waals surface area contributed by atoms with Crippen LogP contribution < -0.4 is 0 Å². The minimum Gasteiger partial charge on any atom is -0.342 e. The quantitative estimate of drug-likeness (QED) is 0.852. The lowest BCUT2D eigenvalue weighted by Gasteiger charge is -2.32. The average molecular weight is 312 g/mol. The molecule has 1 aliphatic carbocycles. The molecule has 4 rings (SSSR count). The monoisotopic (exact) mass is 312 g/mol. The summed E-state index contributed by atoms with van der Waals surface area (Å²) >= 11 is 0. The largest absolute Gasteiger partial charge is 0.342 e. The van der Waals surface area contributed by atoms with Crippen LogP contribution in [0, 0.1) is 11.8 Å². The van der Waals surface area contributed by atoms with Crippen LogP contribution in [0.2, 0.25) is 0 Å². The minimum absolute atomic E-state index is 0.301. The van der Waals surface area contributed by atoms with Crippen LogP contribution in [0.1, 0.15) is 25.7 Å². The van der Waals surface area contributed by atoms with Crippen molar-refractivity contribution in [3.8, 4) is 11.4 Å². The van der Waals surface area contributed by atoms with Crippen LogP contribution in [0.4, 0.5) is 0 Å². The number of hydrogen-bond donors (Lipinski definition) is 0. The summed E-state index contributed by atoms with van der Waals surface area (Å²) in [5, 5.41) is 12.7. The van der Waals surface area contributed by atoms with E-state index >= 15 is 0 Å².